The number of methoxy groups -OCH3 is 3. The highest BCUT2D eigenvalue weighted by molar-refractivity contribution is 5.71. The molecule has 5 nitrogen and oxygen atoms in total. The molecule has 0 aromatic heterocycles. The Balaban J connectivity index is 1.75. The van der Waals surface area contributed by atoms with Gasteiger partial charge in [-0.1, -0.05) is 33.6 Å². The third kappa shape index (κ3) is 3.48. The predicted molar refractivity (Wildman–Crippen MR) is 124 cm³/mol. The molecule has 4 rings (SSSR count). The highest BCUT2D eigenvalue weighted by Crippen LogP contribution is 2.69. The van der Waals surface area contributed by atoms with Gasteiger partial charge in [0.2, 0.25) is 0 Å². The monoisotopic (exact) mass is 450 g/mol. The number of ether oxygens (including phenoxy) is 3. The van der Waals surface area contributed by atoms with E-state index in [1.807, 2.05) is 21.1 Å². The van der Waals surface area contributed by atoms with E-state index in [0.717, 1.165) is 31.6 Å². The van der Waals surface area contributed by atoms with Gasteiger partial charge in [-0.25, -0.2) is 0 Å². The standard InChI is InChI=1S/C27H46O5/c1-7-20(30-4)24(25(28)29)18-12-11-17-23-19(15-22(32-6)27(17,18)3)26(2)13-9-8-10-16(26)14-21(23)31-5/h16-24H,7-15H2,1-6H3,(H,28,29). The van der Waals surface area contributed by atoms with Crippen LogP contribution in [0.1, 0.15) is 78.6 Å². The van der Waals surface area contributed by atoms with E-state index in [-0.39, 0.29) is 29.6 Å². The molecule has 4 fully saturated rings. The van der Waals surface area contributed by atoms with Crippen molar-refractivity contribution in [2.24, 2.45) is 46.3 Å². The van der Waals surface area contributed by atoms with Crippen LogP contribution in [0.2, 0.25) is 0 Å². The largest absolute Gasteiger partial charge is 0.481 e. The molecule has 184 valence electrons. The van der Waals surface area contributed by atoms with Gasteiger partial charge in [-0.3, -0.25) is 4.79 Å². The molecular weight excluding hydrogens is 404 g/mol. The number of rotatable bonds is 7. The van der Waals surface area contributed by atoms with Gasteiger partial charge in [-0.05, 0) is 80.0 Å². The number of carboxylic acids is 1. The van der Waals surface area contributed by atoms with Crippen molar-refractivity contribution in [1.82, 2.24) is 0 Å². The molecule has 11 atom stereocenters. The van der Waals surface area contributed by atoms with E-state index in [9.17, 15) is 9.90 Å². The average molecular weight is 451 g/mol. The summed E-state index contributed by atoms with van der Waals surface area (Å²) in [6.45, 7) is 6.94. The van der Waals surface area contributed by atoms with Crippen molar-refractivity contribution >= 4 is 5.97 Å². The van der Waals surface area contributed by atoms with Gasteiger partial charge >= 0.3 is 5.97 Å². The van der Waals surface area contributed by atoms with Crippen LogP contribution in [0.3, 0.4) is 0 Å². The Labute approximate surface area is 195 Å². The van der Waals surface area contributed by atoms with Gasteiger partial charge in [0.25, 0.3) is 0 Å². The van der Waals surface area contributed by atoms with E-state index >= 15 is 0 Å². The molecule has 1 N–H and O–H groups in total. The summed E-state index contributed by atoms with van der Waals surface area (Å²) in [6.07, 6.45) is 10.4. The molecule has 4 aliphatic rings. The lowest BCUT2D eigenvalue weighted by atomic mass is 9.43. The molecule has 0 radical (unpaired) electrons. The lowest BCUT2D eigenvalue weighted by Crippen LogP contribution is -2.63. The summed E-state index contributed by atoms with van der Waals surface area (Å²) >= 11 is 0. The van der Waals surface area contributed by atoms with Gasteiger partial charge in [0.05, 0.1) is 24.2 Å². The van der Waals surface area contributed by atoms with Crippen LogP contribution in [-0.2, 0) is 19.0 Å². The third-order valence-electron chi connectivity index (χ3n) is 11.1. The van der Waals surface area contributed by atoms with E-state index in [0.29, 0.717) is 23.2 Å². The van der Waals surface area contributed by atoms with Crippen LogP contribution in [0.4, 0.5) is 0 Å². The first-order chi connectivity index (χ1) is 15.3. The Morgan fingerprint density at radius 3 is 2.38 bits per heavy atom. The van der Waals surface area contributed by atoms with Crippen molar-refractivity contribution in [2.75, 3.05) is 21.3 Å². The maximum atomic E-state index is 12.6. The van der Waals surface area contributed by atoms with Crippen molar-refractivity contribution in [2.45, 2.75) is 96.9 Å². The van der Waals surface area contributed by atoms with Gasteiger partial charge in [-0.2, -0.15) is 0 Å². The van der Waals surface area contributed by atoms with Crippen molar-refractivity contribution in [1.29, 1.82) is 0 Å². The Hall–Kier alpha value is -0.650. The number of aliphatic carboxylic acids is 1. The van der Waals surface area contributed by atoms with Crippen molar-refractivity contribution in [3.63, 3.8) is 0 Å². The maximum Gasteiger partial charge on any atom is 0.309 e. The average Bonchev–Trinajstić information content (AvgIpc) is 3.13. The molecule has 4 aliphatic carbocycles. The topological polar surface area (TPSA) is 65.0 Å². The molecule has 4 saturated carbocycles. The van der Waals surface area contributed by atoms with Crippen molar-refractivity contribution < 1.29 is 24.1 Å². The van der Waals surface area contributed by atoms with Crippen LogP contribution >= 0.6 is 0 Å². The van der Waals surface area contributed by atoms with Crippen LogP contribution in [0.5, 0.6) is 0 Å². The Bertz CT molecular complexity index is 677. The molecule has 0 heterocycles. The van der Waals surface area contributed by atoms with E-state index in [1.54, 1.807) is 7.11 Å². The molecule has 0 saturated heterocycles. The fourth-order valence-electron chi connectivity index (χ4n) is 9.56. The van der Waals surface area contributed by atoms with Crippen LogP contribution < -0.4 is 0 Å². The summed E-state index contributed by atoms with van der Waals surface area (Å²) in [4.78, 5) is 12.6. The zero-order chi connectivity index (χ0) is 23.3. The third-order valence-corrected chi connectivity index (χ3v) is 11.1. The first-order valence-electron chi connectivity index (χ1n) is 13.1. The summed E-state index contributed by atoms with van der Waals surface area (Å²) in [5.41, 5.74) is 0.193. The summed E-state index contributed by atoms with van der Waals surface area (Å²) in [6, 6.07) is 0. The molecule has 0 amide bonds. The maximum absolute atomic E-state index is 12.6. The number of fused-ring (bicyclic) bond motifs is 5. The molecule has 5 heteroatoms. The van der Waals surface area contributed by atoms with Gasteiger partial charge < -0.3 is 19.3 Å². The Morgan fingerprint density at radius 2 is 1.78 bits per heavy atom. The summed E-state index contributed by atoms with van der Waals surface area (Å²) in [5, 5.41) is 10.3. The van der Waals surface area contributed by atoms with Crippen molar-refractivity contribution in [3.05, 3.63) is 0 Å². The highest BCUT2D eigenvalue weighted by Gasteiger charge is 2.67. The minimum absolute atomic E-state index is 0.0650. The van der Waals surface area contributed by atoms with E-state index in [2.05, 4.69) is 13.8 Å². The smallest absolute Gasteiger partial charge is 0.309 e. The second-order valence-electron chi connectivity index (χ2n) is 11.8. The van der Waals surface area contributed by atoms with E-state index in [4.69, 9.17) is 14.2 Å². The molecule has 0 aromatic rings. The molecular formula is C27H46O5. The number of carbonyl (C=O) groups is 1. The Kier molecular flexibility index (Phi) is 7.03. The number of hydrogen-bond donors (Lipinski definition) is 1. The van der Waals surface area contributed by atoms with E-state index in [1.165, 1.54) is 32.1 Å². The van der Waals surface area contributed by atoms with Gasteiger partial charge in [-0.15, -0.1) is 0 Å². The van der Waals surface area contributed by atoms with Crippen LogP contribution in [0.25, 0.3) is 0 Å². The molecule has 32 heavy (non-hydrogen) atoms. The summed E-state index contributed by atoms with van der Waals surface area (Å²) in [5.74, 6) is 1.14. The predicted octanol–water partition coefficient (Wildman–Crippen LogP) is 5.41. The van der Waals surface area contributed by atoms with Gasteiger partial charge in [0.15, 0.2) is 0 Å². The second kappa shape index (κ2) is 9.19. The normalized spacial score (nSPS) is 47.8. The lowest BCUT2D eigenvalue weighted by molar-refractivity contribution is -0.216. The Morgan fingerprint density at radius 1 is 1.03 bits per heavy atom. The molecule has 0 aromatic carbocycles. The minimum atomic E-state index is -0.714. The minimum Gasteiger partial charge on any atom is -0.481 e. The molecule has 0 spiro atoms. The second-order valence-corrected chi connectivity index (χ2v) is 11.8. The fourth-order valence-corrected chi connectivity index (χ4v) is 9.56. The number of hydrogen-bond acceptors (Lipinski definition) is 4. The zero-order valence-corrected chi connectivity index (χ0v) is 21.1. The highest BCUT2D eigenvalue weighted by atomic mass is 16.5. The first-order valence-corrected chi connectivity index (χ1v) is 13.1. The SMILES string of the molecule is CCC(OC)C(C(=O)O)C1CCC2C3C(OC)CC4CCCCC4(C)C3CC(OC)C12C. The lowest BCUT2D eigenvalue weighted by Gasteiger charge is -2.64. The fraction of sp³-hybridized carbons (Fsp3) is 0.963. The van der Waals surface area contributed by atoms with Gasteiger partial charge in [0, 0.05) is 26.7 Å². The van der Waals surface area contributed by atoms with Crippen LogP contribution in [-0.4, -0.2) is 50.7 Å². The first kappa shape index (κ1) is 24.5. The van der Waals surface area contributed by atoms with Crippen LogP contribution in [0.15, 0.2) is 0 Å². The summed E-state index contributed by atoms with van der Waals surface area (Å²) in [7, 11) is 5.41. The van der Waals surface area contributed by atoms with Crippen LogP contribution in [0, 0.1) is 46.3 Å². The molecule has 11 unspecified atom stereocenters. The molecule has 0 bridgehead atoms. The van der Waals surface area contributed by atoms with Gasteiger partial charge in [0.1, 0.15) is 0 Å². The zero-order valence-electron chi connectivity index (χ0n) is 21.1. The van der Waals surface area contributed by atoms with E-state index < -0.39 is 11.9 Å². The quantitative estimate of drug-likeness (QED) is 0.562. The molecule has 0 aliphatic heterocycles. The number of carboxylic acid groups (broad SMARTS) is 1. The summed E-state index contributed by atoms with van der Waals surface area (Å²) < 4.78 is 18.2. The van der Waals surface area contributed by atoms with Crippen molar-refractivity contribution in [3.8, 4) is 0 Å².